The van der Waals surface area contributed by atoms with Crippen LogP contribution in [0.15, 0.2) is 12.5 Å². The molecule has 0 atom stereocenters. The second kappa shape index (κ2) is 4.33. The van der Waals surface area contributed by atoms with Crippen LogP contribution in [0.1, 0.15) is 25.0 Å². The third kappa shape index (κ3) is 2.58. The van der Waals surface area contributed by atoms with Crippen LogP contribution in [0, 0.1) is 5.41 Å². The van der Waals surface area contributed by atoms with Crippen LogP contribution in [0.2, 0.25) is 0 Å². The molecule has 15 heavy (non-hydrogen) atoms. The molecular weight excluding hydrogens is 190 g/mol. The molecule has 1 aliphatic carbocycles. The molecule has 1 aromatic rings. The van der Waals surface area contributed by atoms with Crippen LogP contribution in [-0.4, -0.2) is 27.8 Å². The fraction of sp³-hybridized carbons (Fsp3) is 0.727. The number of aliphatic hydroxyl groups is 1. The summed E-state index contributed by atoms with van der Waals surface area (Å²) in [6.45, 7) is 2.19. The molecule has 0 saturated heterocycles. The van der Waals surface area contributed by atoms with Crippen LogP contribution >= 0.6 is 0 Å². The van der Waals surface area contributed by atoms with Gasteiger partial charge in [0.2, 0.25) is 0 Å². The maximum atomic E-state index is 8.93. The number of aliphatic hydroxyl groups excluding tert-OH is 1. The van der Waals surface area contributed by atoms with Gasteiger partial charge in [0, 0.05) is 32.9 Å². The summed E-state index contributed by atoms with van der Waals surface area (Å²) < 4.78 is 2.03. The Morgan fingerprint density at radius 3 is 2.93 bits per heavy atom. The normalized spacial score (nSPS) is 18.0. The van der Waals surface area contributed by atoms with Gasteiger partial charge in [-0.1, -0.05) is 0 Å². The first-order valence-corrected chi connectivity index (χ1v) is 5.53. The lowest BCUT2D eigenvalue weighted by Crippen LogP contribution is -2.25. The van der Waals surface area contributed by atoms with Crippen molar-refractivity contribution in [3.8, 4) is 0 Å². The van der Waals surface area contributed by atoms with E-state index >= 15 is 0 Å². The third-order valence-corrected chi connectivity index (χ3v) is 3.32. The Labute approximate surface area is 90.3 Å². The summed E-state index contributed by atoms with van der Waals surface area (Å²) in [5, 5.41) is 12.4. The van der Waals surface area contributed by atoms with Crippen LogP contribution in [0.4, 0.5) is 0 Å². The van der Waals surface area contributed by atoms with Crippen molar-refractivity contribution in [2.24, 2.45) is 12.5 Å². The summed E-state index contributed by atoms with van der Waals surface area (Å²) in [6.07, 6.45) is 7.15. The van der Waals surface area contributed by atoms with Gasteiger partial charge in [0.1, 0.15) is 0 Å². The van der Waals surface area contributed by atoms with Gasteiger partial charge in [-0.15, -0.1) is 0 Å². The highest BCUT2D eigenvalue weighted by Gasteiger charge is 2.41. The van der Waals surface area contributed by atoms with Gasteiger partial charge in [-0.2, -0.15) is 0 Å². The van der Waals surface area contributed by atoms with E-state index in [-0.39, 0.29) is 0 Å². The first-order chi connectivity index (χ1) is 7.26. The highest BCUT2D eigenvalue weighted by molar-refractivity contribution is 4.99. The van der Waals surface area contributed by atoms with Gasteiger partial charge in [0.15, 0.2) is 0 Å². The zero-order valence-corrected chi connectivity index (χ0v) is 9.24. The Kier molecular flexibility index (Phi) is 3.07. The zero-order chi connectivity index (χ0) is 10.7. The minimum atomic E-state index is 0.313. The van der Waals surface area contributed by atoms with E-state index in [9.17, 15) is 0 Å². The number of nitrogens with one attached hydrogen (secondary N) is 1. The van der Waals surface area contributed by atoms with Crippen LogP contribution in [0.3, 0.4) is 0 Å². The molecule has 1 fully saturated rings. The van der Waals surface area contributed by atoms with Crippen molar-refractivity contribution < 1.29 is 5.11 Å². The molecule has 1 aromatic heterocycles. The van der Waals surface area contributed by atoms with Crippen LogP contribution < -0.4 is 5.32 Å². The lowest BCUT2D eigenvalue weighted by molar-refractivity contribution is 0.245. The lowest BCUT2D eigenvalue weighted by atomic mass is 10.0. The van der Waals surface area contributed by atoms with Crippen molar-refractivity contribution in [1.29, 1.82) is 0 Å². The summed E-state index contributed by atoms with van der Waals surface area (Å²) >= 11 is 0. The molecule has 84 valence electrons. The summed E-state index contributed by atoms with van der Waals surface area (Å²) in [6, 6.07) is 0. The molecule has 0 radical (unpaired) electrons. The average molecular weight is 209 g/mol. The predicted molar refractivity (Wildman–Crippen MR) is 58.3 cm³/mol. The van der Waals surface area contributed by atoms with E-state index in [0.29, 0.717) is 12.0 Å². The highest BCUT2D eigenvalue weighted by Crippen LogP contribution is 2.47. The van der Waals surface area contributed by atoms with Crippen molar-refractivity contribution in [2.75, 3.05) is 13.2 Å². The van der Waals surface area contributed by atoms with Crippen LogP contribution in [0.25, 0.3) is 0 Å². The van der Waals surface area contributed by atoms with Crippen LogP contribution in [0.5, 0.6) is 0 Å². The Hall–Kier alpha value is -0.870. The summed E-state index contributed by atoms with van der Waals surface area (Å²) in [4.78, 5) is 4.07. The molecule has 0 amide bonds. The van der Waals surface area contributed by atoms with Gasteiger partial charge in [0.25, 0.3) is 0 Å². The van der Waals surface area contributed by atoms with Gasteiger partial charge < -0.3 is 15.0 Å². The SMILES string of the molecule is Cn1cncc1CNCC1(CCO)CC1. The Morgan fingerprint density at radius 1 is 1.60 bits per heavy atom. The van der Waals surface area contributed by atoms with Crippen molar-refractivity contribution in [2.45, 2.75) is 25.8 Å². The Morgan fingerprint density at radius 2 is 2.40 bits per heavy atom. The van der Waals surface area contributed by atoms with Crippen molar-refractivity contribution >= 4 is 0 Å². The van der Waals surface area contributed by atoms with E-state index in [4.69, 9.17) is 5.11 Å². The van der Waals surface area contributed by atoms with Gasteiger partial charge in [0.05, 0.1) is 12.0 Å². The molecular formula is C11H19N3O. The summed E-state index contributed by atoms with van der Waals surface area (Å²) in [5.74, 6) is 0. The van der Waals surface area contributed by atoms with Gasteiger partial charge in [-0.3, -0.25) is 0 Å². The molecule has 1 saturated carbocycles. The first kappa shape index (κ1) is 10.6. The number of hydrogen-bond acceptors (Lipinski definition) is 3. The molecule has 0 spiro atoms. The molecule has 0 unspecified atom stereocenters. The molecule has 4 heteroatoms. The van der Waals surface area contributed by atoms with Crippen molar-refractivity contribution in [3.05, 3.63) is 18.2 Å². The van der Waals surface area contributed by atoms with E-state index in [1.165, 1.54) is 18.5 Å². The maximum Gasteiger partial charge on any atom is 0.0945 e. The number of aromatic nitrogens is 2. The van der Waals surface area contributed by atoms with E-state index in [0.717, 1.165) is 19.5 Å². The second-order valence-electron chi connectivity index (χ2n) is 4.57. The van der Waals surface area contributed by atoms with Crippen LogP contribution in [-0.2, 0) is 13.6 Å². The molecule has 0 aromatic carbocycles. The summed E-state index contributed by atoms with van der Waals surface area (Å²) in [5.41, 5.74) is 1.60. The lowest BCUT2D eigenvalue weighted by Gasteiger charge is -2.14. The number of imidazole rings is 1. The number of rotatable bonds is 6. The molecule has 1 heterocycles. The Bertz CT molecular complexity index is 317. The molecule has 0 aliphatic heterocycles. The van der Waals surface area contributed by atoms with E-state index in [1.807, 2.05) is 24.1 Å². The first-order valence-electron chi connectivity index (χ1n) is 5.53. The van der Waals surface area contributed by atoms with Gasteiger partial charge >= 0.3 is 0 Å². The van der Waals surface area contributed by atoms with Crippen molar-refractivity contribution in [3.63, 3.8) is 0 Å². The molecule has 1 aliphatic rings. The summed E-state index contributed by atoms with van der Waals surface area (Å²) in [7, 11) is 2.00. The standard InChI is InChI=1S/C11H19N3O/c1-14-9-13-7-10(14)6-12-8-11(2-3-11)4-5-15/h7,9,12,15H,2-6,8H2,1H3. The number of nitrogens with zero attached hydrogens (tertiary/aromatic N) is 2. The maximum absolute atomic E-state index is 8.93. The third-order valence-electron chi connectivity index (χ3n) is 3.32. The fourth-order valence-electron chi connectivity index (χ4n) is 1.94. The zero-order valence-electron chi connectivity index (χ0n) is 9.24. The smallest absolute Gasteiger partial charge is 0.0945 e. The average Bonchev–Trinajstić information content (AvgIpc) is 2.85. The van der Waals surface area contributed by atoms with Crippen molar-refractivity contribution in [1.82, 2.24) is 14.9 Å². The predicted octanol–water partition coefficient (Wildman–Crippen LogP) is 0.672. The largest absolute Gasteiger partial charge is 0.396 e. The minimum absolute atomic E-state index is 0.313. The minimum Gasteiger partial charge on any atom is -0.396 e. The molecule has 0 bridgehead atoms. The van der Waals surface area contributed by atoms with E-state index < -0.39 is 0 Å². The highest BCUT2D eigenvalue weighted by atomic mass is 16.3. The topological polar surface area (TPSA) is 50.1 Å². The number of aryl methyl sites for hydroxylation is 1. The van der Waals surface area contributed by atoms with E-state index in [1.54, 1.807) is 0 Å². The molecule has 2 rings (SSSR count). The van der Waals surface area contributed by atoms with Gasteiger partial charge in [-0.05, 0) is 24.7 Å². The second-order valence-corrected chi connectivity index (χ2v) is 4.57. The fourth-order valence-corrected chi connectivity index (χ4v) is 1.94. The molecule has 4 nitrogen and oxygen atoms in total. The quantitative estimate of drug-likeness (QED) is 0.724. The monoisotopic (exact) mass is 209 g/mol. The van der Waals surface area contributed by atoms with Gasteiger partial charge in [-0.25, -0.2) is 4.98 Å². The Balaban J connectivity index is 1.73. The van der Waals surface area contributed by atoms with E-state index in [2.05, 4.69) is 10.3 Å². The number of hydrogen-bond donors (Lipinski definition) is 2. The molecule has 2 N–H and O–H groups in total.